The summed E-state index contributed by atoms with van der Waals surface area (Å²) in [4.78, 5) is 24.5. The first-order chi connectivity index (χ1) is 16.2. The number of hydrogen-bond donors (Lipinski definition) is 1. The number of piperidine rings is 1. The van der Waals surface area contributed by atoms with Gasteiger partial charge in [0.1, 0.15) is 0 Å². The van der Waals surface area contributed by atoms with E-state index < -0.39 is 28.5 Å². The topological polar surface area (TPSA) is 111 Å². The summed E-state index contributed by atoms with van der Waals surface area (Å²) in [5.41, 5.74) is 0.987. The van der Waals surface area contributed by atoms with Gasteiger partial charge in [0.2, 0.25) is 16.8 Å². The molecule has 0 unspecified atom stereocenters. The summed E-state index contributed by atoms with van der Waals surface area (Å²) < 4.78 is 43.1. The van der Waals surface area contributed by atoms with E-state index in [0.717, 1.165) is 12.0 Å². The van der Waals surface area contributed by atoms with Gasteiger partial charge in [0.05, 0.1) is 10.5 Å². The van der Waals surface area contributed by atoms with E-state index >= 15 is 0 Å². The van der Waals surface area contributed by atoms with Crippen LogP contribution in [0.3, 0.4) is 0 Å². The highest BCUT2D eigenvalue weighted by molar-refractivity contribution is 7.89. The van der Waals surface area contributed by atoms with Crippen LogP contribution in [-0.2, 0) is 26.1 Å². The van der Waals surface area contributed by atoms with Gasteiger partial charge in [-0.15, -0.1) is 0 Å². The molecule has 2 aromatic rings. The summed E-state index contributed by atoms with van der Waals surface area (Å²) in [6.07, 6.45) is 1.00. The Morgan fingerprint density at radius 2 is 1.71 bits per heavy atom. The Bertz CT molecular complexity index is 1150. The van der Waals surface area contributed by atoms with E-state index in [4.69, 9.17) is 14.2 Å². The highest BCUT2D eigenvalue weighted by Gasteiger charge is 2.31. The minimum atomic E-state index is -3.63. The fourth-order valence-corrected chi connectivity index (χ4v) is 5.91. The minimum absolute atomic E-state index is 0.131. The first-order valence-corrected chi connectivity index (χ1v) is 12.6. The van der Waals surface area contributed by atoms with E-state index in [2.05, 4.69) is 5.32 Å². The van der Waals surface area contributed by atoms with Gasteiger partial charge in [-0.25, -0.2) is 13.2 Å². The second kappa shape index (κ2) is 10.0. The molecule has 0 aliphatic carbocycles. The summed E-state index contributed by atoms with van der Waals surface area (Å²) in [5.74, 6) is 0.699. The van der Waals surface area contributed by atoms with E-state index in [9.17, 15) is 18.0 Å². The first kappa shape index (κ1) is 24.0. The molecule has 10 heteroatoms. The van der Waals surface area contributed by atoms with Crippen LogP contribution < -0.4 is 14.8 Å². The predicted octanol–water partition coefficient (Wildman–Crippen LogP) is 2.56. The van der Waals surface area contributed by atoms with Crippen LogP contribution in [-0.4, -0.2) is 51.1 Å². The number of benzene rings is 2. The number of fused-ring (bicyclic) bond motifs is 1. The Morgan fingerprint density at radius 1 is 1.03 bits per heavy atom. The van der Waals surface area contributed by atoms with Crippen molar-refractivity contribution in [1.82, 2.24) is 9.62 Å². The largest absolute Gasteiger partial charge is 0.454 e. The number of carbonyl (C=O) groups excluding carboxylic acids is 2. The Morgan fingerprint density at radius 3 is 2.41 bits per heavy atom. The van der Waals surface area contributed by atoms with Crippen LogP contribution in [0.1, 0.15) is 36.2 Å². The molecule has 1 N–H and O–H groups in total. The molecule has 4 rings (SSSR count). The van der Waals surface area contributed by atoms with Crippen molar-refractivity contribution in [3.63, 3.8) is 0 Å². The maximum Gasteiger partial charge on any atom is 0.338 e. The lowest BCUT2D eigenvalue weighted by Crippen LogP contribution is -2.42. The van der Waals surface area contributed by atoms with E-state index in [-0.39, 0.29) is 23.8 Å². The van der Waals surface area contributed by atoms with Gasteiger partial charge >= 0.3 is 5.97 Å². The number of sulfonamides is 1. The molecule has 2 aliphatic rings. The Labute approximate surface area is 199 Å². The molecule has 0 saturated carbocycles. The number of rotatable bonds is 7. The molecule has 2 aliphatic heterocycles. The van der Waals surface area contributed by atoms with Gasteiger partial charge < -0.3 is 19.5 Å². The van der Waals surface area contributed by atoms with Gasteiger partial charge in [0.15, 0.2) is 18.1 Å². The van der Waals surface area contributed by atoms with Crippen LogP contribution in [0.25, 0.3) is 0 Å². The third-order valence-electron chi connectivity index (χ3n) is 5.82. The standard InChI is InChI=1S/C24H28N2O7S/c1-16-9-17(2)13-26(12-16)34(29,30)20-6-4-19(5-7-20)24(28)31-14-23(27)25-11-18-3-8-21-22(10-18)33-15-32-21/h3-8,10,16-17H,9,11-15H2,1-2H3,(H,25,27)/t16-,17-/m0/s1. The van der Waals surface area contributed by atoms with E-state index in [1.165, 1.54) is 28.6 Å². The predicted molar refractivity (Wildman–Crippen MR) is 123 cm³/mol. The molecule has 0 radical (unpaired) electrons. The van der Waals surface area contributed by atoms with Crippen molar-refractivity contribution < 1.29 is 32.2 Å². The quantitative estimate of drug-likeness (QED) is 0.596. The average molecular weight is 489 g/mol. The minimum Gasteiger partial charge on any atom is -0.454 e. The number of esters is 1. The van der Waals surface area contributed by atoms with Crippen LogP contribution >= 0.6 is 0 Å². The number of hydrogen-bond acceptors (Lipinski definition) is 7. The van der Waals surface area contributed by atoms with Crippen molar-refractivity contribution >= 4 is 21.9 Å². The van der Waals surface area contributed by atoms with Crippen molar-refractivity contribution in [2.24, 2.45) is 11.8 Å². The molecule has 182 valence electrons. The summed E-state index contributed by atoms with van der Waals surface area (Å²) in [5, 5.41) is 2.67. The molecule has 0 spiro atoms. The molecule has 1 fully saturated rings. The molecule has 1 saturated heterocycles. The normalized spacial score (nSPS) is 20.1. The van der Waals surface area contributed by atoms with Crippen LogP contribution in [0.5, 0.6) is 11.5 Å². The number of carbonyl (C=O) groups is 2. The number of amides is 1. The lowest BCUT2D eigenvalue weighted by atomic mass is 9.94. The monoisotopic (exact) mass is 488 g/mol. The Balaban J connectivity index is 1.28. The Kier molecular flexibility index (Phi) is 7.08. The lowest BCUT2D eigenvalue weighted by molar-refractivity contribution is -0.124. The van der Waals surface area contributed by atoms with Crippen molar-refractivity contribution in [3.05, 3.63) is 53.6 Å². The molecule has 34 heavy (non-hydrogen) atoms. The molecule has 2 atom stereocenters. The molecule has 2 aromatic carbocycles. The molecular formula is C24H28N2O7S. The van der Waals surface area contributed by atoms with Gasteiger partial charge in [0.25, 0.3) is 5.91 Å². The molecule has 1 amide bonds. The number of nitrogens with zero attached hydrogens (tertiary/aromatic N) is 1. The third kappa shape index (κ3) is 5.51. The number of nitrogens with one attached hydrogen (secondary N) is 1. The maximum absolute atomic E-state index is 13.0. The lowest BCUT2D eigenvalue weighted by Gasteiger charge is -2.34. The average Bonchev–Trinajstić information content (AvgIpc) is 3.28. The van der Waals surface area contributed by atoms with Crippen LogP contribution in [0.4, 0.5) is 0 Å². The highest BCUT2D eigenvalue weighted by Crippen LogP contribution is 2.32. The smallest absolute Gasteiger partial charge is 0.338 e. The van der Waals surface area contributed by atoms with E-state index in [0.29, 0.717) is 36.4 Å². The van der Waals surface area contributed by atoms with E-state index in [1.807, 2.05) is 13.8 Å². The summed E-state index contributed by atoms with van der Waals surface area (Å²) >= 11 is 0. The summed E-state index contributed by atoms with van der Waals surface area (Å²) in [6.45, 7) is 5.02. The van der Waals surface area contributed by atoms with Crippen molar-refractivity contribution in [2.75, 3.05) is 26.5 Å². The zero-order chi connectivity index (χ0) is 24.3. The van der Waals surface area contributed by atoms with Gasteiger partial charge in [-0.2, -0.15) is 4.31 Å². The highest BCUT2D eigenvalue weighted by atomic mass is 32.2. The van der Waals surface area contributed by atoms with E-state index in [1.54, 1.807) is 18.2 Å². The molecule has 9 nitrogen and oxygen atoms in total. The maximum atomic E-state index is 13.0. The van der Waals surface area contributed by atoms with Gasteiger partial charge in [-0.3, -0.25) is 4.79 Å². The van der Waals surface area contributed by atoms with Gasteiger partial charge in [-0.05, 0) is 60.2 Å². The second-order valence-electron chi connectivity index (χ2n) is 8.83. The molecule has 2 heterocycles. The van der Waals surface area contributed by atoms with Crippen LogP contribution in [0.15, 0.2) is 47.4 Å². The zero-order valence-electron chi connectivity index (χ0n) is 19.2. The third-order valence-corrected chi connectivity index (χ3v) is 7.67. The summed E-state index contributed by atoms with van der Waals surface area (Å²) in [6, 6.07) is 10.9. The SMILES string of the molecule is C[C@H]1C[C@H](C)CN(S(=O)(=O)c2ccc(C(=O)OCC(=O)NCc3ccc4c(c3)OCO4)cc2)C1. The Hall–Kier alpha value is -3.11. The second-order valence-corrected chi connectivity index (χ2v) is 10.8. The van der Waals surface area contributed by atoms with Crippen LogP contribution in [0.2, 0.25) is 0 Å². The summed E-state index contributed by atoms with van der Waals surface area (Å²) in [7, 11) is -3.63. The van der Waals surface area contributed by atoms with Crippen LogP contribution in [0, 0.1) is 11.8 Å². The van der Waals surface area contributed by atoms with Crippen molar-refractivity contribution in [2.45, 2.75) is 31.7 Å². The fourth-order valence-electron chi connectivity index (χ4n) is 4.23. The molecular weight excluding hydrogens is 460 g/mol. The zero-order valence-corrected chi connectivity index (χ0v) is 20.0. The van der Waals surface area contributed by atoms with Gasteiger partial charge in [0, 0.05) is 19.6 Å². The van der Waals surface area contributed by atoms with Crippen molar-refractivity contribution in [3.8, 4) is 11.5 Å². The first-order valence-electron chi connectivity index (χ1n) is 11.1. The molecule has 0 aromatic heterocycles. The number of ether oxygens (including phenoxy) is 3. The van der Waals surface area contributed by atoms with Gasteiger partial charge in [-0.1, -0.05) is 19.9 Å². The van der Waals surface area contributed by atoms with Crippen molar-refractivity contribution in [1.29, 1.82) is 0 Å². The molecule has 0 bridgehead atoms. The fraction of sp³-hybridized carbons (Fsp3) is 0.417.